The average molecular weight is 489 g/mol. The maximum atomic E-state index is 14.0. The molecule has 0 radical (unpaired) electrons. The first kappa shape index (κ1) is 24.4. The van der Waals surface area contributed by atoms with E-state index in [4.69, 9.17) is 0 Å². The van der Waals surface area contributed by atoms with E-state index in [1.807, 2.05) is 59.4 Å². The molecule has 2 amide bonds. The van der Waals surface area contributed by atoms with E-state index in [1.165, 1.54) is 6.42 Å². The molecule has 2 aromatic heterocycles. The molecule has 2 aliphatic rings. The van der Waals surface area contributed by atoms with E-state index < -0.39 is 6.04 Å². The minimum atomic E-state index is -0.483. The molecule has 1 saturated heterocycles. The first-order chi connectivity index (χ1) is 17.6. The summed E-state index contributed by atoms with van der Waals surface area (Å²) in [5.41, 5.74) is 3.91. The van der Waals surface area contributed by atoms with E-state index in [0.717, 1.165) is 60.8 Å². The first-order valence-electron chi connectivity index (χ1n) is 13.2. The highest BCUT2D eigenvalue weighted by Gasteiger charge is 2.39. The number of aromatic nitrogens is 3. The van der Waals surface area contributed by atoms with Gasteiger partial charge in [0.25, 0.3) is 0 Å². The van der Waals surface area contributed by atoms with Crippen molar-refractivity contribution in [3.05, 3.63) is 54.6 Å². The zero-order valence-electron chi connectivity index (χ0n) is 21.2. The van der Waals surface area contributed by atoms with Gasteiger partial charge in [0, 0.05) is 12.7 Å². The molecule has 2 N–H and O–H groups in total. The molecule has 1 aliphatic heterocycles. The van der Waals surface area contributed by atoms with Crippen LogP contribution in [-0.4, -0.2) is 56.9 Å². The Balaban J connectivity index is 1.41. The summed E-state index contributed by atoms with van der Waals surface area (Å²) in [6, 6.07) is 9.27. The van der Waals surface area contributed by atoms with Crippen LogP contribution in [0.5, 0.6) is 0 Å². The lowest BCUT2D eigenvalue weighted by molar-refractivity contribution is -0.139. The van der Waals surface area contributed by atoms with Crippen molar-refractivity contribution in [2.24, 2.45) is 5.92 Å². The van der Waals surface area contributed by atoms with Crippen LogP contribution >= 0.6 is 0 Å². The monoisotopic (exact) mass is 488 g/mol. The van der Waals surface area contributed by atoms with Crippen molar-refractivity contribution in [3.8, 4) is 5.69 Å². The highest BCUT2D eigenvalue weighted by atomic mass is 16.2. The van der Waals surface area contributed by atoms with Gasteiger partial charge in [-0.2, -0.15) is 0 Å². The predicted octanol–water partition coefficient (Wildman–Crippen LogP) is 3.76. The summed E-state index contributed by atoms with van der Waals surface area (Å²) >= 11 is 0. The highest BCUT2D eigenvalue weighted by Crippen LogP contribution is 2.35. The lowest BCUT2D eigenvalue weighted by Gasteiger charge is -2.35. The lowest BCUT2D eigenvalue weighted by Crippen LogP contribution is -2.55. The van der Waals surface area contributed by atoms with E-state index in [-0.39, 0.29) is 29.8 Å². The predicted molar refractivity (Wildman–Crippen MR) is 140 cm³/mol. The molecule has 1 saturated carbocycles. The van der Waals surface area contributed by atoms with Crippen molar-refractivity contribution in [3.63, 3.8) is 0 Å². The van der Waals surface area contributed by atoms with Crippen LogP contribution in [0.2, 0.25) is 0 Å². The molecule has 0 spiro atoms. The van der Waals surface area contributed by atoms with Gasteiger partial charge in [0.2, 0.25) is 11.8 Å². The third kappa shape index (κ3) is 4.87. The van der Waals surface area contributed by atoms with Crippen molar-refractivity contribution >= 4 is 22.8 Å². The zero-order valence-corrected chi connectivity index (χ0v) is 21.2. The molecule has 3 heterocycles. The van der Waals surface area contributed by atoms with Crippen LogP contribution in [0, 0.1) is 5.92 Å². The molecule has 1 aliphatic carbocycles. The number of carbonyl (C=O) groups excluding carboxylic acids is 2. The van der Waals surface area contributed by atoms with Crippen LogP contribution in [0.3, 0.4) is 0 Å². The second-order valence-corrected chi connectivity index (χ2v) is 10.2. The van der Waals surface area contributed by atoms with Crippen LogP contribution in [-0.2, 0) is 9.59 Å². The maximum Gasteiger partial charge on any atom is 0.245 e. The molecule has 0 bridgehead atoms. The largest absolute Gasteiger partial charge is 0.343 e. The summed E-state index contributed by atoms with van der Waals surface area (Å²) in [6.07, 6.45) is 12.7. The van der Waals surface area contributed by atoms with E-state index in [9.17, 15) is 9.59 Å². The number of nitrogens with one attached hydrogen (secondary N) is 2. The fraction of sp³-hybridized carbons (Fsp3) is 0.500. The number of benzene rings is 1. The number of para-hydroxylation sites is 2. The molecule has 0 unspecified atom stereocenters. The summed E-state index contributed by atoms with van der Waals surface area (Å²) in [5, 5.41) is 6.11. The number of rotatable bonds is 7. The van der Waals surface area contributed by atoms with Gasteiger partial charge in [0.05, 0.1) is 35.0 Å². The minimum absolute atomic E-state index is 0.0412. The molecule has 1 aromatic carbocycles. The molecule has 2 fully saturated rings. The van der Waals surface area contributed by atoms with Gasteiger partial charge in [-0.3, -0.25) is 19.1 Å². The molecular weight excluding hydrogens is 452 g/mol. The van der Waals surface area contributed by atoms with Gasteiger partial charge in [-0.1, -0.05) is 31.4 Å². The molecule has 36 heavy (non-hydrogen) atoms. The molecular formula is C28H36N6O2. The summed E-state index contributed by atoms with van der Waals surface area (Å²) < 4.78 is 2.04. The molecule has 8 heteroatoms. The fourth-order valence-corrected chi connectivity index (χ4v) is 5.74. The Hall–Kier alpha value is -3.26. The maximum absolute atomic E-state index is 14.0. The topological polar surface area (TPSA) is 92.2 Å². The third-order valence-electron chi connectivity index (χ3n) is 7.91. The van der Waals surface area contributed by atoms with Crippen LogP contribution < -0.4 is 10.6 Å². The number of hydrogen-bond donors (Lipinski definition) is 2. The van der Waals surface area contributed by atoms with Crippen LogP contribution in [0.15, 0.2) is 49.1 Å². The van der Waals surface area contributed by atoms with Gasteiger partial charge in [-0.15, -0.1) is 0 Å². The van der Waals surface area contributed by atoms with Gasteiger partial charge >= 0.3 is 0 Å². The normalized spacial score (nSPS) is 20.4. The average Bonchev–Trinajstić information content (AvgIpc) is 3.59. The van der Waals surface area contributed by atoms with Gasteiger partial charge < -0.3 is 15.5 Å². The molecule has 5 rings (SSSR count). The van der Waals surface area contributed by atoms with E-state index >= 15 is 0 Å². The van der Waals surface area contributed by atoms with Crippen molar-refractivity contribution in [2.45, 2.75) is 70.0 Å². The second kappa shape index (κ2) is 10.8. The number of carbonyl (C=O) groups is 2. The molecule has 3 atom stereocenters. The lowest BCUT2D eigenvalue weighted by atomic mass is 9.83. The number of likely N-dealkylation sites (N-methyl/N-ethyl adjacent to an activating group) is 1. The highest BCUT2D eigenvalue weighted by molar-refractivity contribution is 5.90. The van der Waals surface area contributed by atoms with Gasteiger partial charge in [0.15, 0.2) is 0 Å². The summed E-state index contributed by atoms with van der Waals surface area (Å²) in [4.78, 5) is 37.9. The number of likely N-dealkylation sites (tertiary alicyclic amines) is 1. The number of fused-ring (bicyclic) bond motifs is 1. The van der Waals surface area contributed by atoms with Crippen molar-refractivity contribution < 1.29 is 9.59 Å². The van der Waals surface area contributed by atoms with Crippen molar-refractivity contribution in [1.29, 1.82) is 0 Å². The Kier molecular flexibility index (Phi) is 7.32. The summed E-state index contributed by atoms with van der Waals surface area (Å²) in [7, 11) is 1.77. The second-order valence-electron chi connectivity index (χ2n) is 10.2. The van der Waals surface area contributed by atoms with Gasteiger partial charge in [-0.05, 0) is 69.3 Å². The van der Waals surface area contributed by atoms with Gasteiger partial charge in [-0.25, -0.2) is 4.98 Å². The standard InChI is InChI=1S/C28H36N6O2/c1-19(29-2)27(35)32-26(20-9-4-3-5-10-20)28(36)33-14-8-13-24(33)21-15-22(17-30-16-21)34-18-31-23-11-6-7-12-25(23)34/h6-7,11-12,15-20,24,26,29H,3-5,8-10,13-14H2,1-2H3,(H,32,35)/t19-,24-,26-/m0/s1. The number of pyridine rings is 1. The smallest absolute Gasteiger partial charge is 0.245 e. The fourth-order valence-electron chi connectivity index (χ4n) is 5.74. The van der Waals surface area contributed by atoms with Crippen LogP contribution in [0.25, 0.3) is 16.7 Å². The Morgan fingerprint density at radius 1 is 1.06 bits per heavy atom. The Bertz CT molecular complexity index is 1220. The molecule has 190 valence electrons. The zero-order chi connectivity index (χ0) is 25.1. The number of amides is 2. The molecule has 3 aromatic rings. The summed E-state index contributed by atoms with van der Waals surface area (Å²) in [6.45, 7) is 2.52. The quantitative estimate of drug-likeness (QED) is 0.528. The first-order valence-corrected chi connectivity index (χ1v) is 13.2. The van der Waals surface area contributed by atoms with E-state index in [2.05, 4.69) is 26.7 Å². The Labute approximate surface area is 212 Å². The number of nitrogens with zero attached hydrogens (tertiary/aromatic N) is 4. The Morgan fingerprint density at radius 3 is 2.67 bits per heavy atom. The van der Waals surface area contributed by atoms with Crippen LogP contribution in [0.1, 0.15) is 63.5 Å². The van der Waals surface area contributed by atoms with Crippen molar-refractivity contribution in [1.82, 2.24) is 30.1 Å². The third-order valence-corrected chi connectivity index (χ3v) is 7.91. The minimum Gasteiger partial charge on any atom is -0.343 e. The van der Waals surface area contributed by atoms with Crippen molar-refractivity contribution in [2.75, 3.05) is 13.6 Å². The number of imidazole rings is 1. The summed E-state index contributed by atoms with van der Waals surface area (Å²) in [5.74, 6) is 0.106. The van der Waals surface area contributed by atoms with E-state index in [1.54, 1.807) is 7.05 Å². The van der Waals surface area contributed by atoms with Crippen LogP contribution in [0.4, 0.5) is 0 Å². The van der Waals surface area contributed by atoms with Gasteiger partial charge in [0.1, 0.15) is 12.4 Å². The Morgan fingerprint density at radius 2 is 1.86 bits per heavy atom. The molecule has 8 nitrogen and oxygen atoms in total. The van der Waals surface area contributed by atoms with E-state index in [0.29, 0.717) is 6.54 Å². The SMILES string of the molecule is CN[C@@H](C)C(=O)N[C@H](C(=O)N1CCC[C@H]1c1cncc(-n2cnc3ccccc32)c1)C1CCCCC1. The number of hydrogen-bond acceptors (Lipinski definition) is 5.